The van der Waals surface area contributed by atoms with Gasteiger partial charge in [-0.2, -0.15) is 5.10 Å². The van der Waals surface area contributed by atoms with Crippen LogP contribution in [0.3, 0.4) is 0 Å². The smallest absolute Gasteiger partial charge is 0.255 e. The minimum absolute atomic E-state index is 0.344. The number of fused-ring (bicyclic) bond motifs is 1. The van der Waals surface area contributed by atoms with Crippen molar-refractivity contribution in [3.63, 3.8) is 0 Å². The molecule has 2 heterocycles. The van der Waals surface area contributed by atoms with E-state index in [9.17, 15) is 4.79 Å². The third-order valence-electron chi connectivity index (χ3n) is 2.68. The molecule has 7 nitrogen and oxygen atoms in total. The van der Waals surface area contributed by atoms with Crippen LogP contribution in [-0.4, -0.2) is 49.5 Å². The second kappa shape index (κ2) is 4.71. The summed E-state index contributed by atoms with van der Waals surface area (Å²) in [5.41, 5.74) is -0.155. The van der Waals surface area contributed by atoms with E-state index in [4.69, 9.17) is 10.2 Å². The molecule has 1 amide bonds. The predicted molar refractivity (Wildman–Crippen MR) is 63.0 cm³/mol. The number of aliphatic hydroxyl groups is 2. The molecule has 0 aromatic carbocycles. The highest BCUT2D eigenvalue weighted by Crippen LogP contribution is 2.10. The average molecular weight is 250 g/mol. The molecule has 2 aromatic heterocycles. The summed E-state index contributed by atoms with van der Waals surface area (Å²) in [4.78, 5) is 16.0. The Morgan fingerprint density at radius 3 is 2.83 bits per heavy atom. The van der Waals surface area contributed by atoms with Gasteiger partial charge >= 0.3 is 0 Å². The molecule has 0 saturated carbocycles. The van der Waals surface area contributed by atoms with Crippen LogP contribution in [0, 0.1) is 0 Å². The maximum atomic E-state index is 12.0. The molecule has 3 N–H and O–H groups in total. The first-order valence-corrected chi connectivity index (χ1v) is 5.41. The van der Waals surface area contributed by atoms with E-state index < -0.39 is 11.4 Å². The van der Waals surface area contributed by atoms with Crippen molar-refractivity contribution < 1.29 is 15.0 Å². The summed E-state index contributed by atoms with van der Waals surface area (Å²) in [5.74, 6) is -0.413. The Bertz CT molecular complexity index is 562. The lowest BCUT2D eigenvalue weighted by atomic mass is 10.0. The lowest BCUT2D eigenvalue weighted by Gasteiger charge is -2.25. The van der Waals surface area contributed by atoms with Crippen LogP contribution >= 0.6 is 0 Å². The minimum Gasteiger partial charge on any atom is -0.394 e. The van der Waals surface area contributed by atoms with E-state index in [0.29, 0.717) is 11.1 Å². The fourth-order valence-electron chi connectivity index (χ4n) is 1.48. The fraction of sp³-hybridized carbons (Fsp3) is 0.364. The van der Waals surface area contributed by atoms with Gasteiger partial charge in [-0.3, -0.25) is 9.78 Å². The zero-order chi connectivity index (χ0) is 13.2. The van der Waals surface area contributed by atoms with E-state index in [0.717, 1.165) is 0 Å². The van der Waals surface area contributed by atoms with E-state index in [1.165, 1.54) is 16.9 Å². The van der Waals surface area contributed by atoms with Crippen LogP contribution < -0.4 is 5.32 Å². The number of aromatic nitrogens is 3. The number of hydrogen-bond donors (Lipinski definition) is 3. The Morgan fingerprint density at radius 2 is 2.17 bits per heavy atom. The van der Waals surface area contributed by atoms with Crippen molar-refractivity contribution in [3.05, 3.63) is 30.4 Å². The van der Waals surface area contributed by atoms with Crippen LogP contribution in [0.4, 0.5) is 0 Å². The van der Waals surface area contributed by atoms with Crippen LogP contribution in [0.2, 0.25) is 0 Å². The average Bonchev–Trinajstić information content (AvgIpc) is 2.82. The number of carbonyl (C=O) groups is 1. The van der Waals surface area contributed by atoms with E-state index in [-0.39, 0.29) is 13.2 Å². The zero-order valence-electron chi connectivity index (χ0n) is 9.87. The second-order valence-electron chi connectivity index (χ2n) is 4.30. The molecule has 0 atom stereocenters. The molecule has 7 heteroatoms. The Kier molecular flexibility index (Phi) is 3.26. The van der Waals surface area contributed by atoms with Crippen LogP contribution in [-0.2, 0) is 0 Å². The summed E-state index contributed by atoms with van der Waals surface area (Å²) in [7, 11) is 0. The van der Waals surface area contributed by atoms with Crippen molar-refractivity contribution in [1.29, 1.82) is 0 Å². The molecule has 18 heavy (non-hydrogen) atoms. The quantitative estimate of drug-likeness (QED) is 0.660. The Morgan fingerprint density at radius 1 is 1.44 bits per heavy atom. The summed E-state index contributed by atoms with van der Waals surface area (Å²) < 4.78 is 1.52. The van der Waals surface area contributed by atoms with Crippen molar-refractivity contribution in [1.82, 2.24) is 19.9 Å². The molecule has 0 bridgehead atoms. The van der Waals surface area contributed by atoms with Crippen LogP contribution in [0.5, 0.6) is 0 Å². The Hall–Kier alpha value is -1.99. The van der Waals surface area contributed by atoms with Crippen LogP contribution in [0.1, 0.15) is 17.3 Å². The molecule has 0 radical (unpaired) electrons. The summed E-state index contributed by atoms with van der Waals surface area (Å²) in [6, 6.07) is 0. The van der Waals surface area contributed by atoms with Gasteiger partial charge in [-0.15, -0.1) is 0 Å². The van der Waals surface area contributed by atoms with Gasteiger partial charge in [0.15, 0.2) is 0 Å². The summed E-state index contributed by atoms with van der Waals surface area (Å²) in [5, 5.41) is 24.9. The van der Waals surface area contributed by atoms with E-state index in [1.807, 2.05) is 0 Å². The Labute approximate surface area is 103 Å². The van der Waals surface area contributed by atoms with Crippen molar-refractivity contribution >= 4 is 11.4 Å². The molecule has 0 fully saturated rings. The van der Waals surface area contributed by atoms with E-state index >= 15 is 0 Å². The van der Waals surface area contributed by atoms with Gasteiger partial charge in [0, 0.05) is 12.4 Å². The van der Waals surface area contributed by atoms with Gasteiger partial charge in [-0.1, -0.05) is 0 Å². The molecule has 0 aliphatic heterocycles. The number of nitrogens with zero attached hydrogens (tertiary/aromatic N) is 3. The van der Waals surface area contributed by atoms with Crippen molar-refractivity contribution in [2.45, 2.75) is 12.5 Å². The van der Waals surface area contributed by atoms with Gasteiger partial charge in [0.25, 0.3) is 5.91 Å². The first-order valence-electron chi connectivity index (χ1n) is 5.41. The van der Waals surface area contributed by atoms with Gasteiger partial charge in [0.05, 0.1) is 42.2 Å². The first-order chi connectivity index (χ1) is 8.59. The predicted octanol–water partition coefficient (Wildman–Crippen LogP) is -0.798. The third kappa shape index (κ3) is 2.18. The number of amides is 1. The van der Waals surface area contributed by atoms with Crippen molar-refractivity contribution in [3.8, 4) is 0 Å². The number of nitrogens with one attached hydrogen (secondary N) is 1. The molecule has 2 rings (SSSR count). The lowest BCUT2D eigenvalue weighted by molar-refractivity contribution is 0.0725. The first kappa shape index (κ1) is 12.5. The summed E-state index contributed by atoms with van der Waals surface area (Å²) in [6.45, 7) is 0.842. The lowest BCUT2D eigenvalue weighted by Crippen LogP contribution is -2.51. The second-order valence-corrected chi connectivity index (χ2v) is 4.30. The summed E-state index contributed by atoms with van der Waals surface area (Å²) >= 11 is 0. The molecule has 0 saturated heterocycles. The molecular formula is C11H14N4O3. The van der Waals surface area contributed by atoms with Gasteiger partial charge < -0.3 is 15.5 Å². The normalized spacial score (nSPS) is 11.7. The number of rotatable bonds is 4. The molecular weight excluding hydrogens is 236 g/mol. The number of hydrogen-bond acceptors (Lipinski definition) is 5. The van der Waals surface area contributed by atoms with Gasteiger partial charge in [-0.25, -0.2) is 4.52 Å². The fourth-order valence-corrected chi connectivity index (χ4v) is 1.48. The molecule has 0 aliphatic carbocycles. The molecule has 0 unspecified atom stereocenters. The van der Waals surface area contributed by atoms with Crippen molar-refractivity contribution in [2.75, 3.05) is 13.2 Å². The SMILES string of the molecule is CC(CO)(CO)NC(=O)c1cnn2ccncc12. The molecule has 0 aliphatic rings. The molecule has 96 valence electrons. The summed E-state index contributed by atoms with van der Waals surface area (Å²) in [6.07, 6.45) is 6.13. The Balaban J connectivity index is 2.29. The monoisotopic (exact) mass is 250 g/mol. The number of carbonyl (C=O) groups excluding carboxylic acids is 1. The van der Waals surface area contributed by atoms with E-state index in [1.54, 1.807) is 19.3 Å². The highest BCUT2D eigenvalue weighted by molar-refractivity contribution is 6.00. The van der Waals surface area contributed by atoms with Crippen LogP contribution in [0.25, 0.3) is 5.52 Å². The largest absolute Gasteiger partial charge is 0.394 e. The third-order valence-corrected chi connectivity index (χ3v) is 2.68. The topological polar surface area (TPSA) is 99.8 Å². The highest BCUT2D eigenvalue weighted by Gasteiger charge is 2.26. The molecule has 2 aromatic rings. The zero-order valence-corrected chi connectivity index (χ0v) is 9.87. The van der Waals surface area contributed by atoms with Crippen LogP contribution in [0.15, 0.2) is 24.8 Å². The standard InChI is InChI=1S/C11H14N4O3/c1-11(6-16,7-17)14-10(18)8-4-13-15-3-2-12-5-9(8)15/h2-5,16-17H,6-7H2,1H3,(H,14,18). The maximum absolute atomic E-state index is 12.0. The van der Waals surface area contributed by atoms with Gasteiger partial charge in [0.2, 0.25) is 0 Å². The minimum atomic E-state index is -1.06. The van der Waals surface area contributed by atoms with E-state index in [2.05, 4.69) is 15.4 Å². The maximum Gasteiger partial charge on any atom is 0.255 e. The number of aliphatic hydroxyl groups excluding tert-OH is 2. The van der Waals surface area contributed by atoms with Gasteiger partial charge in [0.1, 0.15) is 0 Å². The highest BCUT2D eigenvalue weighted by atomic mass is 16.3. The van der Waals surface area contributed by atoms with Crippen molar-refractivity contribution in [2.24, 2.45) is 0 Å². The van der Waals surface area contributed by atoms with Gasteiger partial charge in [-0.05, 0) is 6.92 Å². The molecule has 0 spiro atoms.